The summed E-state index contributed by atoms with van der Waals surface area (Å²) in [6.07, 6.45) is 0. The van der Waals surface area contributed by atoms with E-state index in [0.717, 1.165) is 12.1 Å². The maximum atomic E-state index is 13.7. The number of primary sulfonamides is 1. The van der Waals surface area contributed by atoms with E-state index in [2.05, 4.69) is 4.72 Å². The fourth-order valence-corrected chi connectivity index (χ4v) is 4.70. The van der Waals surface area contributed by atoms with Crippen molar-refractivity contribution in [3.05, 3.63) is 59.9 Å². The Morgan fingerprint density at radius 3 is 2.24 bits per heavy atom. The van der Waals surface area contributed by atoms with Crippen molar-refractivity contribution in [1.29, 1.82) is 0 Å². The van der Waals surface area contributed by atoms with Gasteiger partial charge >= 0.3 is 0 Å². The summed E-state index contributed by atoms with van der Waals surface area (Å²) in [5, 5.41) is 5.03. The average molecular weight is 444 g/mol. The zero-order valence-corrected chi connectivity index (χ0v) is 17.1. The molecule has 0 radical (unpaired) electrons. The van der Waals surface area contributed by atoms with Gasteiger partial charge in [0, 0.05) is 25.7 Å². The lowest BCUT2D eigenvalue weighted by atomic mass is 10.0. The van der Waals surface area contributed by atoms with Crippen molar-refractivity contribution in [1.82, 2.24) is 9.62 Å². The van der Waals surface area contributed by atoms with Crippen molar-refractivity contribution in [2.24, 2.45) is 5.14 Å². The highest BCUT2D eigenvalue weighted by molar-refractivity contribution is 7.89. The molecule has 2 aromatic rings. The first-order chi connectivity index (χ1) is 13.7. The van der Waals surface area contributed by atoms with Gasteiger partial charge in [-0.1, -0.05) is 12.1 Å². The summed E-state index contributed by atoms with van der Waals surface area (Å²) in [6, 6.07) is 10.3. The lowest BCUT2D eigenvalue weighted by Gasteiger charge is -2.34. The number of sulfonamides is 2. The fraction of sp³-hybridized carbons (Fsp3) is 0.333. The second kappa shape index (κ2) is 8.86. The zero-order chi connectivity index (χ0) is 21.1. The fourth-order valence-electron chi connectivity index (χ4n) is 3.14. The van der Waals surface area contributed by atoms with Crippen molar-refractivity contribution in [3.63, 3.8) is 0 Å². The average Bonchev–Trinajstić information content (AvgIpc) is 2.68. The van der Waals surface area contributed by atoms with Gasteiger partial charge in [-0.25, -0.2) is 31.1 Å². The number of morpholine rings is 1. The van der Waals surface area contributed by atoms with E-state index in [9.17, 15) is 21.2 Å². The van der Waals surface area contributed by atoms with Crippen LogP contribution in [0.4, 0.5) is 4.39 Å². The molecule has 1 aliphatic heterocycles. The molecule has 0 aromatic heterocycles. The van der Waals surface area contributed by atoms with E-state index in [-0.39, 0.29) is 22.4 Å². The molecular formula is C18H22FN3O5S2. The zero-order valence-electron chi connectivity index (χ0n) is 15.5. The number of nitrogens with one attached hydrogen (secondary N) is 1. The number of rotatable bonds is 7. The Kier molecular flexibility index (Phi) is 6.66. The molecule has 0 aliphatic carbocycles. The van der Waals surface area contributed by atoms with Gasteiger partial charge in [-0.05, 0) is 42.0 Å². The van der Waals surface area contributed by atoms with E-state index in [1.54, 1.807) is 12.1 Å². The number of benzene rings is 2. The van der Waals surface area contributed by atoms with Gasteiger partial charge in [0.15, 0.2) is 0 Å². The van der Waals surface area contributed by atoms with Crippen LogP contribution in [0.2, 0.25) is 0 Å². The number of ether oxygens (including phenoxy) is 1. The summed E-state index contributed by atoms with van der Waals surface area (Å²) in [5.74, 6) is -0.401. The highest BCUT2D eigenvalue weighted by Gasteiger charge is 2.25. The van der Waals surface area contributed by atoms with Crippen LogP contribution in [0.5, 0.6) is 0 Å². The summed E-state index contributed by atoms with van der Waals surface area (Å²) in [4.78, 5) is 1.76. The molecule has 0 saturated carbocycles. The van der Waals surface area contributed by atoms with Crippen LogP contribution in [0.25, 0.3) is 0 Å². The van der Waals surface area contributed by atoms with E-state index in [1.165, 1.54) is 24.3 Å². The molecular weight excluding hydrogens is 421 g/mol. The van der Waals surface area contributed by atoms with Gasteiger partial charge in [0.05, 0.1) is 23.0 Å². The molecule has 1 heterocycles. The minimum absolute atomic E-state index is 0.0166. The molecule has 8 nitrogen and oxygen atoms in total. The minimum Gasteiger partial charge on any atom is -0.379 e. The molecule has 1 aliphatic rings. The standard InChI is InChI=1S/C18H22FN3O5S2/c19-15-3-1-2-14(12-15)18(22-8-10-27-11-9-22)13-21-29(25,26)17-6-4-16(5-7-17)28(20,23)24/h1-7,12,18,21H,8-11,13H2,(H2,20,23,24). The molecule has 2 aromatic carbocycles. The maximum Gasteiger partial charge on any atom is 0.240 e. The number of nitrogens with zero attached hydrogens (tertiary/aromatic N) is 1. The quantitative estimate of drug-likeness (QED) is 0.654. The normalized spacial score (nSPS) is 17.2. The van der Waals surface area contributed by atoms with Gasteiger partial charge in [-0.2, -0.15) is 0 Å². The summed E-state index contributed by atoms with van der Waals surface area (Å²) >= 11 is 0. The summed E-state index contributed by atoms with van der Waals surface area (Å²) in [6.45, 7) is 2.21. The predicted octanol–water partition coefficient (Wildman–Crippen LogP) is 0.825. The van der Waals surface area contributed by atoms with Crippen LogP contribution in [0.3, 0.4) is 0 Å². The molecule has 1 saturated heterocycles. The Bertz CT molecular complexity index is 1050. The van der Waals surface area contributed by atoms with E-state index < -0.39 is 25.9 Å². The van der Waals surface area contributed by atoms with Crippen molar-refractivity contribution < 1.29 is 26.0 Å². The number of hydrogen-bond donors (Lipinski definition) is 2. The highest BCUT2D eigenvalue weighted by Crippen LogP contribution is 2.23. The van der Waals surface area contributed by atoms with Crippen LogP contribution in [0.15, 0.2) is 58.3 Å². The Hall–Kier alpha value is -1.89. The smallest absolute Gasteiger partial charge is 0.240 e. The Labute approximate surface area is 169 Å². The first kappa shape index (κ1) is 21.8. The van der Waals surface area contributed by atoms with E-state index >= 15 is 0 Å². The molecule has 1 unspecified atom stereocenters. The Morgan fingerprint density at radius 1 is 1.03 bits per heavy atom. The second-order valence-corrected chi connectivity index (χ2v) is 9.92. The van der Waals surface area contributed by atoms with Crippen molar-refractivity contribution in [2.45, 2.75) is 15.8 Å². The first-order valence-corrected chi connectivity index (χ1v) is 11.9. The first-order valence-electron chi connectivity index (χ1n) is 8.86. The molecule has 11 heteroatoms. The maximum absolute atomic E-state index is 13.7. The molecule has 3 N–H and O–H groups in total. The molecule has 29 heavy (non-hydrogen) atoms. The third-order valence-electron chi connectivity index (χ3n) is 4.65. The molecule has 158 valence electrons. The third-order valence-corrected chi connectivity index (χ3v) is 7.02. The Morgan fingerprint density at radius 2 is 1.66 bits per heavy atom. The van der Waals surface area contributed by atoms with Gasteiger partial charge < -0.3 is 4.74 Å². The van der Waals surface area contributed by atoms with Crippen LogP contribution in [-0.4, -0.2) is 54.6 Å². The largest absolute Gasteiger partial charge is 0.379 e. The van der Waals surface area contributed by atoms with E-state index in [4.69, 9.17) is 9.88 Å². The summed E-state index contributed by atoms with van der Waals surface area (Å²) < 4.78 is 69.6. The van der Waals surface area contributed by atoms with E-state index in [1.807, 2.05) is 4.90 Å². The van der Waals surface area contributed by atoms with Crippen molar-refractivity contribution in [2.75, 3.05) is 32.8 Å². The van der Waals surface area contributed by atoms with Crippen molar-refractivity contribution in [3.8, 4) is 0 Å². The van der Waals surface area contributed by atoms with Crippen LogP contribution >= 0.6 is 0 Å². The van der Waals surface area contributed by atoms with Gasteiger partial charge in [-0.15, -0.1) is 0 Å². The van der Waals surface area contributed by atoms with Gasteiger partial charge in [0.25, 0.3) is 0 Å². The van der Waals surface area contributed by atoms with E-state index in [0.29, 0.717) is 31.9 Å². The molecule has 1 fully saturated rings. The molecule has 0 amide bonds. The van der Waals surface area contributed by atoms with Gasteiger partial charge in [0.2, 0.25) is 20.0 Å². The van der Waals surface area contributed by atoms with Crippen LogP contribution in [-0.2, 0) is 24.8 Å². The third kappa shape index (κ3) is 5.59. The summed E-state index contributed by atoms with van der Waals surface area (Å²) in [7, 11) is -7.83. The monoisotopic (exact) mass is 443 g/mol. The van der Waals surface area contributed by atoms with Crippen LogP contribution in [0.1, 0.15) is 11.6 Å². The molecule has 0 bridgehead atoms. The molecule has 3 rings (SSSR count). The predicted molar refractivity (Wildman–Crippen MR) is 105 cm³/mol. The SMILES string of the molecule is NS(=O)(=O)c1ccc(S(=O)(=O)NCC(c2cccc(F)c2)N2CCOCC2)cc1. The number of halogens is 1. The lowest BCUT2D eigenvalue weighted by molar-refractivity contribution is 0.0171. The number of hydrogen-bond acceptors (Lipinski definition) is 6. The van der Waals surface area contributed by atoms with Gasteiger partial charge in [0.1, 0.15) is 5.82 Å². The van der Waals surface area contributed by atoms with Crippen LogP contribution in [0, 0.1) is 5.82 Å². The lowest BCUT2D eigenvalue weighted by Crippen LogP contribution is -2.43. The van der Waals surface area contributed by atoms with Gasteiger partial charge in [-0.3, -0.25) is 4.90 Å². The molecule has 1 atom stereocenters. The molecule has 0 spiro atoms. The minimum atomic E-state index is -3.91. The van der Waals surface area contributed by atoms with Crippen molar-refractivity contribution >= 4 is 20.0 Å². The number of nitrogens with two attached hydrogens (primary N) is 1. The van der Waals surface area contributed by atoms with Crippen LogP contribution < -0.4 is 9.86 Å². The highest BCUT2D eigenvalue weighted by atomic mass is 32.2. The second-order valence-electron chi connectivity index (χ2n) is 6.59. The summed E-state index contributed by atoms with van der Waals surface area (Å²) in [5.41, 5.74) is 0.652. The topological polar surface area (TPSA) is 119 Å². The Balaban J connectivity index is 1.80.